The zero-order valence-corrected chi connectivity index (χ0v) is 11.4. The van der Waals surface area contributed by atoms with Crippen molar-refractivity contribution in [3.63, 3.8) is 0 Å². The average Bonchev–Trinajstić information content (AvgIpc) is 2.79. The van der Waals surface area contributed by atoms with Gasteiger partial charge < -0.3 is 15.5 Å². The Bertz CT molecular complexity index is 387. The molecule has 3 heterocycles. The number of nitrogens with one attached hydrogen (secondary N) is 1. The summed E-state index contributed by atoms with van der Waals surface area (Å²) in [4.78, 5) is 4.44. The molecule has 3 N–H and O–H groups in total. The molecule has 0 aromatic heterocycles. The van der Waals surface area contributed by atoms with Crippen LogP contribution in [0.15, 0.2) is 11.4 Å². The molecule has 18 heavy (non-hydrogen) atoms. The fourth-order valence-corrected chi connectivity index (χ4v) is 3.99. The molecule has 3 aliphatic heterocycles. The summed E-state index contributed by atoms with van der Waals surface area (Å²) in [5, 5.41) is 8.11. The largest absolute Gasteiger partial charge is 0.385 e. The van der Waals surface area contributed by atoms with E-state index in [-0.39, 0.29) is 0 Å². The van der Waals surface area contributed by atoms with Crippen molar-refractivity contribution in [3.8, 4) is 0 Å². The summed E-state index contributed by atoms with van der Waals surface area (Å²) in [6, 6.07) is 1.26. The predicted octanol–water partition coefficient (Wildman–Crippen LogP) is 1.73. The van der Waals surface area contributed by atoms with Crippen LogP contribution in [-0.4, -0.2) is 41.3 Å². The molecule has 3 saturated heterocycles. The quantitative estimate of drug-likeness (QED) is 0.743. The number of hydrogen-bond donors (Lipinski definition) is 2. The molecule has 4 nitrogen and oxygen atoms in total. The molecule has 3 fully saturated rings. The minimum absolute atomic E-state index is 0.630. The maximum atomic E-state index is 8.11. The number of likely N-dealkylation sites (N-methyl/N-ethyl adjacent to an activating group) is 1. The van der Waals surface area contributed by atoms with E-state index < -0.39 is 0 Å². The van der Waals surface area contributed by atoms with Crippen LogP contribution in [0.1, 0.15) is 39.0 Å². The summed E-state index contributed by atoms with van der Waals surface area (Å²) in [5.41, 5.74) is 7.48. The average molecular weight is 248 g/mol. The van der Waals surface area contributed by atoms with Gasteiger partial charge >= 0.3 is 0 Å². The topological polar surface area (TPSA) is 56.4 Å². The van der Waals surface area contributed by atoms with E-state index in [1.807, 2.05) is 11.9 Å². The van der Waals surface area contributed by atoms with E-state index in [0.717, 1.165) is 30.3 Å². The molecular formula is C14H24N4. The van der Waals surface area contributed by atoms with Crippen LogP contribution >= 0.6 is 0 Å². The van der Waals surface area contributed by atoms with Gasteiger partial charge in [0.1, 0.15) is 11.7 Å². The molecule has 0 radical (unpaired) electrons. The first kappa shape index (κ1) is 11.9. The predicted molar refractivity (Wildman–Crippen MR) is 73.2 cm³/mol. The lowest BCUT2D eigenvalue weighted by Crippen LogP contribution is -2.44. The molecule has 4 heteroatoms. The monoisotopic (exact) mass is 248 g/mol. The number of fused-ring (bicyclic) bond motifs is 2. The summed E-state index contributed by atoms with van der Waals surface area (Å²) in [7, 11) is 1.98. The molecule has 3 aliphatic rings. The lowest BCUT2D eigenvalue weighted by atomic mass is 9.92. The van der Waals surface area contributed by atoms with Gasteiger partial charge in [0.05, 0.1) is 0 Å². The third kappa shape index (κ3) is 1.70. The van der Waals surface area contributed by atoms with Crippen LogP contribution in [-0.2, 0) is 0 Å². The van der Waals surface area contributed by atoms with Crippen molar-refractivity contribution in [2.75, 3.05) is 13.6 Å². The minimum Gasteiger partial charge on any atom is -0.385 e. The van der Waals surface area contributed by atoms with Crippen molar-refractivity contribution in [1.82, 2.24) is 9.80 Å². The van der Waals surface area contributed by atoms with E-state index in [2.05, 4.69) is 11.8 Å². The van der Waals surface area contributed by atoms with Gasteiger partial charge in [-0.25, -0.2) is 0 Å². The molecule has 2 unspecified atom stereocenters. The van der Waals surface area contributed by atoms with Gasteiger partial charge in [-0.2, -0.15) is 0 Å². The summed E-state index contributed by atoms with van der Waals surface area (Å²) in [6.45, 7) is 3.30. The van der Waals surface area contributed by atoms with Crippen LogP contribution < -0.4 is 5.73 Å². The minimum atomic E-state index is 0.630. The van der Waals surface area contributed by atoms with Gasteiger partial charge in [-0.15, -0.1) is 0 Å². The Morgan fingerprint density at radius 2 is 1.89 bits per heavy atom. The Balaban J connectivity index is 1.87. The van der Waals surface area contributed by atoms with Crippen LogP contribution in [0.5, 0.6) is 0 Å². The van der Waals surface area contributed by atoms with E-state index >= 15 is 0 Å². The number of nitrogens with two attached hydrogens (primary N) is 1. The zero-order chi connectivity index (χ0) is 12.9. The molecule has 2 atom stereocenters. The van der Waals surface area contributed by atoms with E-state index in [4.69, 9.17) is 11.1 Å². The normalized spacial score (nSPS) is 38.6. The molecular weight excluding hydrogens is 224 g/mol. The number of nitrogens with zero attached hydrogens (tertiary/aromatic N) is 2. The standard InChI is InChI=1S/C14H24N4/c1-9-7-10-3-4-11(8-9)18(10)14(16)12-5-6-17(2)13(12)15/h9-11,15H,3-8,16H2,1-2H3. The Morgan fingerprint density at radius 1 is 1.28 bits per heavy atom. The molecule has 0 aromatic carbocycles. The van der Waals surface area contributed by atoms with Crippen molar-refractivity contribution in [3.05, 3.63) is 11.4 Å². The maximum Gasteiger partial charge on any atom is 0.127 e. The molecule has 0 spiro atoms. The highest BCUT2D eigenvalue weighted by atomic mass is 15.3. The molecule has 100 valence electrons. The molecule has 0 saturated carbocycles. The first-order chi connectivity index (χ1) is 8.58. The molecule has 3 rings (SSSR count). The van der Waals surface area contributed by atoms with Gasteiger partial charge in [0.2, 0.25) is 0 Å². The number of amidine groups is 1. The maximum absolute atomic E-state index is 8.11. The number of piperidine rings is 1. The van der Waals surface area contributed by atoms with E-state index in [9.17, 15) is 0 Å². The third-order valence-corrected chi connectivity index (χ3v) is 4.92. The number of likely N-dealkylation sites (tertiary alicyclic amines) is 1. The Kier molecular flexibility index (Phi) is 2.76. The lowest BCUT2D eigenvalue weighted by molar-refractivity contribution is 0.146. The van der Waals surface area contributed by atoms with Crippen LogP contribution in [0.25, 0.3) is 0 Å². The second-order valence-corrected chi connectivity index (χ2v) is 6.25. The smallest absolute Gasteiger partial charge is 0.127 e. The number of rotatable bonds is 1. The fraction of sp³-hybridized carbons (Fsp3) is 0.786. The highest BCUT2D eigenvalue weighted by molar-refractivity contribution is 5.98. The van der Waals surface area contributed by atoms with E-state index in [1.54, 1.807) is 0 Å². The molecule has 0 aromatic rings. The van der Waals surface area contributed by atoms with Gasteiger partial charge in [-0.05, 0) is 38.0 Å². The third-order valence-electron chi connectivity index (χ3n) is 4.92. The second kappa shape index (κ2) is 4.18. The van der Waals surface area contributed by atoms with Gasteiger partial charge in [0, 0.05) is 31.2 Å². The summed E-state index contributed by atoms with van der Waals surface area (Å²) in [5.74, 6) is 2.37. The van der Waals surface area contributed by atoms with Crippen molar-refractivity contribution < 1.29 is 0 Å². The fourth-order valence-electron chi connectivity index (χ4n) is 3.99. The van der Waals surface area contributed by atoms with Gasteiger partial charge in [0.25, 0.3) is 0 Å². The van der Waals surface area contributed by atoms with Crippen LogP contribution in [0.3, 0.4) is 0 Å². The van der Waals surface area contributed by atoms with Crippen molar-refractivity contribution >= 4 is 5.84 Å². The van der Waals surface area contributed by atoms with Crippen molar-refractivity contribution in [2.24, 2.45) is 11.7 Å². The molecule has 2 bridgehead atoms. The summed E-state index contributed by atoms with van der Waals surface area (Å²) < 4.78 is 0. The highest BCUT2D eigenvalue weighted by Crippen LogP contribution is 2.40. The number of hydrogen-bond acceptors (Lipinski definition) is 3. The lowest BCUT2D eigenvalue weighted by Gasteiger charge is -2.40. The Morgan fingerprint density at radius 3 is 2.39 bits per heavy atom. The van der Waals surface area contributed by atoms with E-state index in [1.165, 1.54) is 25.7 Å². The SMILES string of the molecule is CC1CC2CCC(C1)N2C(N)=C1CCN(C)C1=N. The van der Waals surface area contributed by atoms with Crippen molar-refractivity contribution in [2.45, 2.75) is 51.1 Å². The Labute approximate surface area is 109 Å². The summed E-state index contributed by atoms with van der Waals surface area (Å²) >= 11 is 0. The molecule has 0 amide bonds. The van der Waals surface area contributed by atoms with Crippen LogP contribution in [0, 0.1) is 11.3 Å². The van der Waals surface area contributed by atoms with Crippen LogP contribution in [0.2, 0.25) is 0 Å². The van der Waals surface area contributed by atoms with Gasteiger partial charge in [-0.1, -0.05) is 6.92 Å². The Hall–Kier alpha value is -1.19. The van der Waals surface area contributed by atoms with Crippen LogP contribution in [0.4, 0.5) is 0 Å². The highest BCUT2D eigenvalue weighted by Gasteiger charge is 2.41. The summed E-state index contributed by atoms with van der Waals surface area (Å²) in [6.07, 6.45) is 6.05. The van der Waals surface area contributed by atoms with Gasteiger partial charge in [0.15, 0.2) is 0 Å². The van der Waals surface area contributed by atoms with Gasteiger partial charge in [-0.3, -0.25) is 5.41 Å². The van der Waals surface area contributed by atoms with Crippen molar-refractivity contribution in [1.29, 1.82) is 5.41 Å². The molecule has 0 aliphatic carbocycles. The first-order valence-electron chi connectivity index (χ1n) is 7.15. The second-order valence-electron chi connectivity index (χ2n) is 6.25. The zero-order valence-electron chi connectivity index (χ0n) is 11.4. The first-order valence-corrected chi connectivity index (χ1v) is 7.15. The van der Waals surface area contributed by atoms with E-state index in [0.29, 0.717) is 17.9 Å².